The fraction of sp³-hybridized carbons (Fsp3) is 0.364. The third-order valence-electron chi connectivity index (χ3n) is 4.77. The van der Waals surface area contributed by atoms with Gasteiger partial charge in [0.05, 0.1) is 13.7 Å². The van der Waals surface area contributed by atoms with Crippen LogP contribution in [-0.2, 0) is 6.54 Å². The molecule has 6 heteroatoms. The molecule has 28 heavy (non-hydrogen) atoms. The summed E-state index contributed by atoms with van der Waals surface area (Å²) in [4.78, 5) is 26.7. The third kappa shape index (κ3) is 4.63. The predicted molar refractivity (Wildman–Crippen MR) is 107 cm³/mol. The van der Waals surface area contributed by atoms with E-state index in [4.69, 9.17) is 9.47 Å². The van der Waals surface area contributed by atoms with E-state index in [1.54, 1.807) is 25.3 Å². The molecule has 1 saturated heterocycles. The van der Waals surface area contributed by atoms with Crippen LogP contribution in [0.15, 0.2) is 42.5 Å². The average Bonchev–Trinajstić information content (AvgIpc) is 3.27. The van der Waals surface area contributed by atoms with Crippen molar-refractivity contribution in [2.75, 3.05) is 26.8 Å². The van der Waals surface area contributed by atoms with E-state index in [-0.39, 0.29) is 11.8 Å². The molecule has 0 atom stereocenters. The van der Waals surface area contributed by atoms with Crippen molar-refractivity contribution in [2.45, 2.75) is 26.3 Å². The smallest absolute Gasteiger partial charge is 0.253 e. The summed E-state index contributed by atoms with van der Waals surface area (Å²) in [6, 6.07) is 12.5. The number of hydrogen-bond acceptors (Lipinski definition) is 4. The molecule has 0 aliphatic carbocycles. The Labute approximate surface area is 165 Å². The van der Waals surface area contributed by atoms with Crippen LogP contribution in [0.2, 0.25) is 0 Å². The number of benzene rings is 2. The number of ether oxygens (including phenoxy) is 2. The number of carbonyl (C=O) groups excluding carboxylic acids is 2. The van der Waals surface area contributed by atoms with Gasteiger partial charge in [0.25, 0.3) is 11.8 Å². The third-order valence-corrected chi connectivity index (χ3v) is 4.77. The minimum Gasteiger partial charge on any atom is -0.493 e. The van der Waals surface area contributed by atoms with Crippen LogP contribution >= 0.6 is 0 Å². The lowest BCUT2D eigenvalue weighted by molar-refractivity contribution is 0.0792. The largest absolute Gasteiger partial charge is 0.493 e. The van der Waals surface area contributed by atoms with E-state index in [9.17, 15) is 9.59 Å². The number of likely N-dealkylation sites (tertiary alicyclic amines) is 1. The highest BCUT2D eigenvalue weighted by molar-refractivity contribution is 5.95. The van der Waals surface area contributed by atoms with Crippen LogP contribution in [0.25, 0.3) is 0 Å². The summed E-state index contributed by atoms with van der Waals surface area (Å²) in [5.74, 6) is 1.02. The van der Waals surface area contributed by atoms with Crippen LogP contribution in [0.5, 0.6) is 11.5 Å². The minimum atomic E-state index is -0.194. The van der Waals surface area contributed by atoms with E-state index in [0.717, 1.165) is 31.5 Å². The number of amides is 2. The summed E-state index contributed by atoms with van der Waals surface area (Å²) < 4.78 is 10.8. The normalized spacial score (nSPS) is 13.3. The van der Waals surface area contributed by atoms with E-state index in [1.165, 1.54) is 0 Å². The van der Waals surface area contributed by atoms with Gasteiger partial charge in [-0.3, -0.25) is 9.59 Å². The first-order valence-electron chi connectivity index (χ1n) is 9.59. The van der Waals surface area contributed by atoms with Crippen LogP contribution in [-0.4, -0.2) is 43.5 Å². The highest BCUT2D eigenvalue weighted by atomic mass is 16.5. The van der Waals surface area contributed by atoms with Crippen molar-refractivity contribution in [1.82, 2.24) is 10.2 Å². The maximum Gasteiger partial charge on any atom is 0.253 e. The molecule has 6 nitrogen and oxygen atoms in total. The van der Waals surface area contributed by atoms with Gasteiger partial charge in [0.2, 0.25) is 0 Å². The van der Waals surface area contributed by atoms with Gasteiger partial charge in [-0.15, -0.1) is 0 Å². The van der Waals surface area contributed by atoms with Crippen molar-refractivity contribution >= 4 is 11.8 Å². The molecule has 0 bridgehead atoms. The average molecular weight is 382 g/mol. The lowest BCUT2D eigenvalue weighted by Crippen LogP contribution is -2.27. The summed E-state index contributed by atoms with van der Waals surface area (Å²) in [6.45, 7) is 4.42. The minimum absolute atomic E-state index is 0.0785. The van der Waals surface area contributed by atoms with Crippen molar-refractivity contribution < 1.29 is 19.1 Å². The Hall–Kier alpha value is -3.02. The van der Waals surface area contributed by atoms with Gasteiger partial charge in [0.15, 0.2) is 11.5 Å². The number of nitrogens with one attached hydrogen (secondary N) is 1. The molecule has 148 valence electrons. The molecule has 1 aliphatic rings. The van der Waals surface area contributed by atoms with E-state index in [2.05, 4.69) is 5.32 Å². The summed E-state index contributed by atoms with van der Waals surface area (Å²) in [6.07, 6.45) is 2.15. The number of methoxy groups -OCH3 is 1. The molecule has 2 aromatic rings. The predicted octanol–water partition coefficient (Wildman–Crippen LogP) is 3.26. The van der Waals surface area contributed by atoms with Gasteiger partial charge in [-0.25, -0.2) is 0 Å². The molecule has 2 amide bonds. The molecular formula is C22H26N2O4. The quantitative estimate of drug-likeness (QED) is 0.798. The Morgan fingerprint density at radius 3 is 2.32 bits per heavy atom. The van der Waals surface area contributed by atoms with E-state index in [1.807, 2.05) is 36.1 Å². The monoisotopic (exact) mass is 382 g/mol. The molecule has 1 N–H and O–H groups in total. The molecule has 1 aliphatic heterocycles. The Morgan fingerprint density at radius 1 is 1.00 bits per heavy atom. The molecule has 1 heterocycles. The van der Waals surface area contributed by atoms with E-state index < -0.39 is 0 Å². The first-order chi connectivity index (χ1) is 13.6. The van der Waals surface area contributed by atoms with Crippen LogP contribution in [0, 0.1) is 0 Å². The second-order valence-corrected chi connectivity index (χ2v) is 6.68. The van der Waals surface area contributed by atoms with E-state index >= 15 is 0 Å². The number of hydrogen-bond donors (Lipinski definition) is 1. The molecule has 1 fully saturated rings. The van der Waals surface area contributed by atoms with Gasteiger partial charge in [-0.2, -0.15) is 0 Å². The number of rotatable bonds is 7. The zero-order valence-electron chi connectivity index (χ0n) is 16.4. The van der Waals surface area contributed by atoms with Crippen LogP contribution < -0.4 is 14.8 Å². The number of carbonyl (C=O) groups is 2. The maximum absolute atomic E-state index is 12.5. The van der Waals surface area contributed by atoms with Crippen molar-refractivity contribution in [1.29, 1.82) is 0 Å². The molecule has 0 aromatic heterocycles. The molecule has 0 spiro atoms. The molecule has 3 rings (SSSR count). The van der Waals surface area contributed by atoms with Gasteiger partial charge >= 0.3 is 0 Å². The summed E-state index contributed by atoms with van der Waals surface area (Å²) in [7, 11) is 1.57. The summed E-state index contributed by atoms with van der Waals surface area (Å²) >= 11 is 0. The van der Waals surface area contributed by atoms with Crippen LogP contribution in [0.3, 0.4) is 0 Å². The highest BCUT2D eigenvalue weighted by Gasteiger charge is 2.19. The molecule has 0 radical (unpaired) electrons. The Kier molecular flexibility index (Phi) is 6.53. The lowest BCUT2D eigenvalue weighted by atomic mass is 10.1. The SMILES string of the molecule is CCOc1cc(C(=O)NCc2ccc(C(=O)N3CCCC3)cc2)ccc1OC. The Balaban J connectivity index is 1.60. The van der Waals surface area contributed by atoms with Gasteiger partial charge < -0.3 is 19.7 Å². The Bertz CT molecular complexity index is 827. The van der Waals surface area contributed by atoms with Crippen molar-refractivity contribution in [3.63, 3.8) is 0 Å². The second kappa shape index (κ2) is 9.26. The second-order valence-electron chi connectivity index (χ2n) is 6.68. The fourth-order valence-electron chi connectivity index (χ4n) is 3.24. The first-order valence-corrected chi connectivity index (χ1v) is 9.59. The first kappa shape index (κ1) is 19.7. The van der Waals surface area contributed by atoms with Crippen molar-refractivity contribution in [3.8, 4) is 11.5 Å². The van der Waals surface area contributed by atoms with Gasteiger partial charge in [0, 0.05) is 30.8 Å². The molecule has 2 aromatic carbocycles. The summed E-state index contributed by atoms with van der Waals surface area (Å²) in [5.41, 5.74) is 2.13. The highest BCUT2D eigenvalue weighted by Crippen LogP contribution is 2.28. The number of nitrogens with zero attached hydrogens (tertiary/aromatic N) is 1. The van der Waals surface area contributed by atoms with Gasteiger partial charge in [0.1, 0.15) is 0 Å². The van der Waals surface area contributed by atoms with Crippen LogP contribution in [0.4, 0.5) is 0 Å². The fourth-order valence-corrected chi connectivity index (χ4v) is 3.24. The van der Waals surface area contributed by atoms with Crippen molar-refractivity contribution in [3.05, 3.63) is 59.2 Å². The Morgan fingerprint density at radius 2 is 1.68 bits per heavy atom. The van der Waals surface area contributed by atoms with Crippen molar-refractivity contribution in [2.24, 2.45) is 0 Å². The lowest BCUT2D eigenvalue weighted by Gasteiger charge is -2.15. The van der Waals surface area contributed by atoms with E-state index in [0.29, 0.717) is 35.8 Å². The standard InChI is InChI=1S/C22H26N2O4/c1-3-28-20-14-18(10-11-19(20)27-2)21(25)23-15-16-6-8-17(9-7-16)22(26)24-12-4-5-13-24/h6-11,14H,3-5,12-13,15H2,1-2H3,(H,23,25). The maximum atomic E-state index is 12.5. The molecule has 0 saturated carbocycles. The summed E-state index contributed by atoms with van der Waals surface area (Å²) in [5, 5.41) is 2.90. The zero-order valence-corrected chi connectivity index (χ0v) is 16.4. The molecule has 0 unspecified atom stereocenters. The zero-order chi connectivity index (χ0) is 19.9. The van der Waals surface area contributed by atoms with Gasteiger partial charge in [-0.05, 0) is 55.7 Å². The van der Waals surface area contributed by atoms with Crippen LogP contribution in [0.1, 0.15) is 46.0 Å². The van der Waals surface area contributed by atoms with Gasteiger partial charge in [-0.1, -0.05) is 12.1 Å². The topological polar surface area (TPSA) is 67.9 Å². The molecular weight excluding hydrogens is 356 g/mol.